The van der Waals surface area contributed by atoms with Crippen molar-refractivity contribution in [2.75, 3.05) is 13.1 Å². The zero-order valence-electron chi connectivity index (χ0n) is 15.7. The Hall–Kier alpha value is -2.79. The minimum absolute atomic E-state index is 0.0868. The molecule has 0 aromatic carbocycles. The van der Waals surface area contributed by atoms with Gasteiger partial charge in [0.1, 0.15) is 11.9 Å². The van der Waals surface area contributed by atoms with Crippen LogP contribution in [0.4, 0.5) is 22.0 Å². The zero-order valence-corrected chi connectivity index (χ0v) is 15.7. The Labute approximate surface area is 167 Å². The van der Waals surface area contributed by atoms with Gasteiger partial charge in [-0.15, -0.1) is 0 Å². The van der Waals surface area contributed by atoms with E-state index in [1.807, 2.05) is 0 Å². The molecule has 1 fully saturated rings. The lowest BCUT2D eigenvalue weighted by molar-refractivity contribution is -0.138. The number of carbonyl (C=O) groups is 1. The number of hydrogen-bond acceptors (Lipinski definition) is 4. The number of alkyl halides is 5. The molecule has 30 heavy (non-hydrogen) atoms. The quantitative estimate of drug-likeness (QED) is 0.699. The van der Waals surface area contributed by atoms with Gasteiger partial charge >= 0.3 is 11.9 Å². The van der Waals surface area contributed by atoms with E-state index in [-0.39, 0.29) is 18.7 Å². The number of aryl methyl sites for hydroxylation is 1. The van der Waals surface area contributed by atoms with Gasteiger partial charge in [-0.05, 0) is 24.5 Å². The number of fused-ring (bicyclic) bond motifs is 1. The average Bonchev–Trinajstić information content (AvgIpc) is 3.20. The fraction of sp³-hybridized carbons (Fsp3) is 0.556. The second-order valence-electron chi connectivity index (χ2n) is 7.58. The van der Waals surface area contributed by atoms with Crippen LogP contribution in [0.2, 0.25) is 0 Å². The number of aromatic nitrogens is 4. The molecule has 0 N–H and O–H groups in total. The molecule has 2 aliphatic heterocycles. The summed E-state index contributed by atoms with van der Waals surface area (Å²) in [6, 6.07) is -0.0595. The normalized spacial score (nSPS) is 21.0. The Balaban J connectivity index is 1.61. The highest BCUT2D eigenvalue weighted by atomic mass is 19.4. The van der Waals surface area contributed by atoms with Gasteiger partial charge in [0.15, 0.2) is 0 Å². The van der Waals surface area contributed by atoms with Crippen molar-refractivity contribution in [1.82, 2.24) is 24.2 Å². The molecule has 1 unspecified atom stereocenters. The van der Waals surface area contributed by atoms with Crippen LogP contribution in [0.1, 0.15) is 42.3 Å². The van der Waals surface area contributed by atoms with Crippen molar-refractivity contribution in [3.05, 3.63) is 45.9 Å². The molecule has 0 radical (unpaired) electrons. The highest BCUT2D eigenvalue weighted by Crippen LogP contribution is 2.31. The van der Waals surface area contributed by atoms with Crippen molar-refractivity contribution < 1.29 is 26.7 Å². The average molecular weight is 431 g/mol. The van der Waals surface area contributed by atoms with Gasteiger partial charge in [-0.3, -0.25) is 14.3 Å². The van der Waals surface area contributed by atoms with Gasteiger partial charge in [-0.25, -0.2) is 18.3 Å². The lowest BCUT2D eigenvalue weighted by atomic mass is 10.0. The Morgan fingerprint density at radius 2 is 2.03 bits per heavy atom. The second-order valence-corrected chi connectivity index (χ2v) is 7.58. The maximum Gasteiger partial charge on any atom is 0.417 e. The van der Waals surface area contributed by atoms with Crippen LogP contribution in [0.15, 0.2) is 23.3 Å². The maximum absolute atomic E-state index is 13.5. The Kier molecular flexibility index (Phi) is 4.89. The summed E-state index contributed by atoms with van der Waals surface area (Å²) < 4.78 is 67.8. The van der Waals surface area contributed by atoms with Crippen LogP contribution >= 0.6 is 0 Å². The molecule has 2 aromatic heterocycles. The van der Waals surface area contributed by atoms with Crippen LogP contribution in [-0.4, -0.2) is 49.2 Å². The minimum Gasteiger partial charge on any atom is -0.335 e. The highest BCUT2D eigenvalue weighted by Gasteiger charge is 2.43. The number of hydrogen-bond donors (Lipinski definition) is 0. The fourth-order valence-corrected chi connectivity index (χ4v) is 3.90. The first-order valence-corrected chi connectivity index (χ1v) is 9.41. The van der Waals surface area contributed by atoms with E-state index < -0.39 is 48.3 Å². The standard InChI is InChI=1S/C18H18F5N5O2/c19-17(20)4-5-26(10-17)15(29)13-2-1-3-14-25-27(16(30)28(13)14)9-11-6-12(8-24-7-11)18(21,22)23/h6-8,13H,1-5,9-10H2. The number of amides is 1. The summed E-state index contributed by atoms with van der Waals surface area (Å²) in [5.41, 5.74) is -1.48. The van der Waals surface area contributed by atoms with Gasteiger partial charge in [0.25, 0.3) is 5.92 Å². The number of pyridine rings is 1. The van der Waals surface area contributed by atoms with Gasteiger partial charge in [0.05, 0.1) is 18.7 Å². The predicted molar refractivity (Wildman–Crippen MR) is 92.9 cm³/mol. The van der Waals surface area contributed by atoms with Crippen molar-refractivity contribution >= 4 is 5.91 Å². The van der Waals surface area contributed by atoms with E-state index in [0.717, 1.165) is 15.6 Å². The molecule has 2 aromatic rings. The number of nitrogens with zero attached hydrogens (tertiary/aromatic N) is 5. The molecular formula is C18H18F5N5O2. The number of carbonyl (C=O) groups excluding carboxylic acids is 1. The molecule has 4 rings (SSSR count). The highest BCUT2D eigenvalue weighted by molar-refractivity contribution is 5.81. The van der Waals surface area contributed by atoms with E-state index in [0.29, 0.717) is 31.3 Å². The lowest BCUT2D eigenvalue weighted by Gasteiger charge is -2.27. The SMILES string of the molecule is O=C(C1CCCc2nn(Cc3cncc(C(F)(F)F)c3)c(=O)n21)N1CCC(F)(F)C1. The van der Waals surface area contributed by atoms with E-state index in [4.69, 9.17) is 0 Å². The Morgan fingerprint density at radius 1 is 1.27 bits per heavy atom. The smallest absolute Gasteiger partial charge is 0.335 e. The van der Waals surface area contributed by atoms with E-state index >= 15 is 0 Å². The molecule has 4 heterocycles. The third-order valence-electron chi connectivity index (χ3n) is 5.35. The number of rotatable bonds is 3. The summed E-state index contributed by atoms with van der Waals surface area (Å²) in [6.07, 6.45) is -1.85. The maximum atomic E-state index is 13.5. The van der Waals surface area contributed by atoms with E-state index in [9.17, 15) is 31.5 Å². The van der Waals surface area contributed by atoms with Crippen LogP contribution in [0.5, 0.6) is 0 Å². The summed E-state index contributed by atoms with van der Waals surface area (Å²) >= 11 is 0. The van der Waals surface area contributed by atoms with E-state index in [2.05, 4.69) is 10.1 Å². The summed E-state index contributed by atoms with van der Waals surface area (Å²) in [5, 5.41) is 4.16. The topological polar surface area (TPSA) is 73.0 Å². The number of halogens is 5. The molecule has 1 saturated heterocycles. The van der Waals surface area contributed by atoms with Crippen LogP contribution in [0, 0.1) is 0 Å². The van der Waals surface area contributed by atoms with Gasteiger partial charge in [0.2, 0.25) is 5.91 Å². The fourth-order valence-electron chi connectivity index (χ4n) is 3.90. The first-order chi connectivity index (χ1) is 14.0. The second kappa shape index (κ2) is 7.17. The third-order valence-corrected chi connectivity index (χ3v) is 5.35. The van der Waals surface area contributed by atoms with Gasteiger partial charge < -0.3 is 4.90 Å². The Morgan fingerprint density at radius 3 is 2.70 bits per heavy atom. The predicted octanol–water partition coefficient (Wildman–Crippen LogP) is 2.25. The number of likely N-dealkylation sites (tertiary alicyclic amines) is 1. The lowest BCUT2D eigenvalue weighted by Crippen LogP contribution is -2.42. The van der Waals surface area contributed by atoms with Crippen molar-refractivity contribution in [2.24, 2.45) is 0 Å². The minimum atomic E-state index is -4.57. The summed E-state index contributed by atoms with van der Waals surface area (Å²) in [5.74, 6) is -3.19. The molecule has 7 nitrogen and oxygen atoms in total. The molecule has 1 amide bonds. The molecule has 0 bridgehead atoms. The molecule has 2 aliphatic rings. The largest absolute Gasteiger partial charge is 0.417 e. The third kappa shape index (κ3) is 3.82. The van der Waals surface area contributed by atoms with Gasteiger partial charge in [0, 0.05) is 31.8 Å². The van der Waals surface area contributed by atoms with E-state index in [1.165, 1.54) is 10.8 Å². The molecule has 0 spiro atoms. The zero-order chi connectivity index (χ0) is 21.7. The summed E-state index contributed by atoms with van der Waals surface area (Å²) in [4.78, 5) is 30.3. The Bertz CT molecular complexity index is 1030. The molecule has 0 saturated carbocycles. The van der Waals surface area contributed by atoms with Crippen molar-refractivity contribution in [3.8, 4) is 0 Å². The molecular weight excluding hydrogens is 413 g/mol. The van der Waals surface area contributed by atoms with Crippen LogP contribution in [0.3, 0.4) is 0 Å². The van der Waals surface area contributed by atoms with Crippen molar-refractivity contribution in [3.63, 3.8) is 0 Å². The molecule has 0 aliphatic carbocycles. The molecule has 162 valence electrons. The summed E-state index contributed by atoms with van der Waals surface area (Å²) in [7, 11) is 0. The van der Waals surface area contributed by atoms with Crippen LogP contribution in [-0.2, 0) is 23.9 Å². The molecule has 1 atom stereocenters. The van der Waals surface area contributed by atoms with Crippen LogP contribution < -0.4 is 5.69 Å². The first kappa shape index (κ1) is 20.5. The van der Waals surface area contributed by atoms with Gasteiger partial charge in [-0.1, -0.05) is 0 Å². The van der Waals surface area contributed by atoms with Crippen molar-refractivity contribution in [2.45, 2.75) is 50.4 Å². The van der Waals surface area contributed by atoms with Crippen molar-refractivity contribution in [1.29, 1.82) is 0 Å². The first-order valence-electron chi connectivity index (χ1n) is 9.41. The monoisotopic (exact) mass is 431 g/mol. The van der Waals surface area contributed by atoms with Gasteiger partial charge in [-0.2, -0.15) is 18.3 Å². The molecule has 12 heteroatoms. The van der Waals surface area contributed by atoms with Crippen LogP contribution in [0.25, 0.3) is 0 Å². The summed E-state index contributed by atoms with van der Waals surface area (Å²) in [6.45, 7) is -1.02. The van der Waals surface area contributed by atoms with E-state index in [1.54, 1.807) is 0 Å².